The fourth-order valence-electron chi connectivity index (χ4n) is 4.48. The third kappa shape index (κ3) is 3.28. The molecule has 1 saturated heterocycles. The van der Waals surface area contributed by atoms with Crippen molar-refractivity contribution < 1.29 is 23.1 Å². The molecule has 168 valence electrons. The molecule has 0 aliphatic carbocycles. The predicted molar refractivity (Wildman–Crippen MR) is 122 cm³/mol. The van der Waals surface area contributed by atoms with E-state index in [4.69, 9.17) is 4.74 Å². The Morgan fingerprint density at radius 1 is 1.06 bits per heavy atom. The molecule has 5 rings (SSSR count). The number of carbonyl (C=O) groups is 2. The van der Waals surface area contributed by atoms with Crippen LogP contribution in [0.5, 0.6) is 5.75 Å². The van der Waals surface area contributed by atoms with E-state index in [0.29, 0.717) is 34.9 Å². The minimum atomic E-state index is -1.29. The van der Waals surface area contributed by atoms with Crippen LogP contribution in [0.25, 0.3) is 0 Å². The van der Waals surface area contributed by atoms with Gasteiger partial charge >= 0.3 is 0 Å². The summed E-state index contributed by atoms with van der Waals surface area (Å²) in [6.45, 7) is 0.0978. The zero-order valence-electron chi connectivity index (χ0n) is 17.8. The average molecular weight is 467 g/mol. The second kappa shape index (κ2) is 8.19. The van der Waals surface area contributed by atoms with Gasteiger partial charge in [-0.25, -0.2) is 8.78 Å². The van der Waals surface area contributed by atoms with Gasteiger partial charge in [0, 0.05) is 29.0 Å². The monoisotopic (exact) mass is 466 g/mol. The van der Waals surface area contributed by atoms with Crippen LogP contribution in [0.3, 0.4) is 0 Å². The van der Waals surface area contributed by atoms with E-state index < -0.39 is 16.5 Å². The number of anilines is 1. The number of benzene rings is 3. The first-order chi connectivity index (χ1) is 16.0. The fraction of sp³-hybridized carbons (Fsp3) is 0.200. The second-order valence-corrected chi connectivity index (χ2v) is 9.08. The molecule has 3 aromatic rings. The molecule has 2 amide bonds. The number of carbonyl (C=O) groups excluding carboxylic acids is 2. The molecular formula is C25H20F2N2O3S. The van der Waals surface area contributed by atoms with Gasteiger partial charge in [-0.15, -0.1) is 11.8 Å². The molecule has 1 fully saturated rings. The zero-order valence-corrected chi connectivity index (χ0v) is 18.6. The summed E-state index contributed by atoms with van der Waals surface area (Å²) in [6.07, 6.45) is 0. The summed E-state index contributed by atoms with van der Waals surface area (Å²) in [7, 11) is 1.52. The largest absolute Gasteiger partial charge is 0.497 e. The van der Waals surface area contributed by atoms with Gasteiger partial charge in [0.15, 0.2) is 4.87 Å². The summed E-state index contributed by atoms with van der Waals surface area (Å²) in [5, 5.41) is 0. The van der Waals surface area contributed by atoms with Crippen LogP contribution < -0.4 is 9.64 Å². The molecule has 1 atom stereocenters. The van der Waals surface area contributed by atoms with Crippen molar-refractivity contribution in [2.75, 3.05) is 24.3 Å². The van der Waals surface area contributed by atoms with Gasteiger partial charge in [-0.1, -0.05) is 30.3 Å². The lowest BCUT2D eigenvalue weighted by Crippen LogP contribution is -2.50. The number of ether oxygens (including phenoxy) is 1. The van der Waals surface area contributed by atoms with Gasteiger partial charge in [-0.3, -0.25) is 9.59 Å². The third-order valence-corrected chi connectivity index (χ3v) is 7.46. The molecule has 0 saturated carbocycles. The Bertz CT molecular complexity index is 1250. The van der Waals surface area contributed by atoms with Crippen LogP contribution in [0.1, 0.15) is 21.5 Å². The topological polar surface area (TPSA) is 49.9 Å². The molecule has 3 aromatic carbocycles. The number of rotatable bonds is 4. The third-order valence-electron chi connectivity index (χ3n) is 6.04. The molecule has 33 heavy (non-hydrogen) atoms. The molecule has 2 heterocycles. The molecule has 2 aliphatic heterocycles. The molecule has 0 radical (unpaired) electrons. The van der Waals surface area contributed by atoms with Crippen molar-refractivity contribution in [3.05, 3.63) is 95.1 Å². The lowest BCUT2D eigenvalue weighted by Gasteiger charge is -2.33. The Hall–Kier alpha value is -3.39. The Morgan fingerprint density at radius 2 is 1.79 bits per heavy atom. The van der Waals surface area contributed by atoms with Gasteiger partial charge in [-0.05, 0) is 36.4 Å². The molecular weight excluding hydrogens is 446 g/mol. The van der Waals surface area contributed by atoms with Crippen LogP contribution >= 0.6 is 11.8 Å². The maximum Gasteiger partial charge on any atom is 0.268 e. The van der Waals surface area contributed by atoms with Crippen molar-refractivity contribution in [2.45, 2.75) is 11.4 Å². The molecule has 2 aliphatic rings. The number of hydrogen-bond donors (Lipinski definition) is 0. The highest BCUT2D eigenvalue weighted by atomic mass is 32.2. The van der Waals surface area contributed by atoms with Crippen molar-refractivity contribution in [3.8, 4) is 5.75 Å². The van der Waals surface area contributed by atoms with Crippen molar-refractivity contribution in [1.82, 2.24) is 4.90 Å². The van der Waals surface area contributed by atoms with Gasteiger partial charge in [0.1, 0.15) is 17.4 Å². The van der Waals surface area contributed by atoms with Gasteiger partial charge in [0.2, 0.25) is 0 Å². The van der Waals surface area contributed by atoms with Gasteiger partial charge < -0.3 is 14.5 Å². The summed E-state index contributed by atoms with van der Waals surface area (Å²) in [6, 6.07) is 17.5. The maximum absolute atomic E-state index is 14.4. The van der Waals surface area contributed by atoms with Crippen LogP contribution in [0.4, 0.5) is 14.5 Å². The minimum absolute atomic E-state index is 0.189. The van der Waals surface area contributed by atoms with E-state index in [2.05, 4.69) is 0 Å². The first-order valence-electron chi connectivity index (χ1n) is 10.4. The van der Waals surface area contributed by atoms with E-state index in [9.17, 15) is 18.4 Å². The minimum Gasteiger partial charge on any atom is -0.497 e. The Labute approximate surface area is 193 Å². The smallest absolute Gasteiger partial charge is 0.268 e. The summed E-state index contributed by atoms with van der Waals surface area (Å²) >= 11 is 1.36. The summed E-state index contributed by atoms with van der Waals surface area (Å²) in [5.41, 5.74) is 1.40. The number of amides is 2. The molecule has 1 unspecified atom stereocenters. The van der Waals surface area contributed by atoms with E-state index in [1.54, 1.807) is 53.4 Å². The molecule has 5 nitrogen and oxygen atoms in total. The number of nitrogens with zero attached hydrogens (tertiary/aromatic N) is 2. The quantitative estimate of drug-likeness (QED) is 0.566. The predicted octanol–water partition coefficient (Wildman–Crippen LogP) is 4.56. The van der Waals surface area contributed by atoms with E-state index in [1.165, 1.54) is 42.0 Å². The van der Waals surface area contributed by atoms with E-state index >= 15 is 0 Å². The first-order valence-corrected chi connectivity index (χ1v) is 11.4. The van der Waals surface area contributed by atoms with E-state index in [1.807, 2.05) is 0 Å². The maximum atomic E-state index is 14.4. The summed E-state index contributed by atoms with van der Waals surface area (Å²) in [4.78, 5) is 29.1. The lowest BCUT2D eigenvalue weighted by atomic mass is 10.0. The fourth-order valence-corrected chi connectivity index (χ4v) is 5.94. The van der Waals surface area contributed by atoms with Crippen LogP contribution in [-0.4, -0.2) is 36.1 Å². The van der Waals surface area contributed by atoms with Gasteiger partial charge in [0.05, 0.1) is 19.3 Å². The highest BCUT2D eigenvalue weighted by molar-refractivity contribution is 8.01. The number of hydrogen-bond acceptors (Lipinski definition) is 4. The molecule has 0 bridgehead atoms. The molecule has 0 aromatic heterocycles. The summed E-state index contributed by atoms with van der Waals surface area (Å²) < 4.78 is 34.1. The number of fused-ring (bicyclic) bond motifs is 2. The van der Waals surface area contributed by atoms with Crippen molar-refractivity contribution in [3.63, 3.8) is 0 Å². The summed E-state index contributed by atoms with van der Waals surface area (Å²) in [5.74, 6) is -1.03. The number of halogens is 2. The van der Waals surface area contributed by atoms with Crippen molar-refractivity contribution >= 4 is 29.3 Å². The van der Waals surface area contributed by atoms with Crippen molar-refractivity contribution in [2.24, 2.45) is 0 Å². The molecule has 0 N–H and O–H groups in total. The highest BCUT2D eigenvalue weighted by Crippen LogP contribution is 2.54. The van der Waals surface area contributed by atoms with Crippen LogP contribution in [-0.2, 0) is 16.2 Å². The van der Waals surface area contributed by atoms with Gasteiger partial charge in [-0.2, -0.15) is 0 Å². The van der Waals surface area contributed by atoms with Crippen LogP contribution in [0.15, 0.2) is 66.7 Å². The SMILES string of the molecule is COc1cccc(C(=O)N2CCSC23C(=O)N(Cc2c(F)cccc2F)c2ccccc23)c1. The second-order valence-electron chi connectivity index (χ2n) is 7.79. The van der Waals surface area contributed by atoms with Crippen molar-refractivity contribution in [1.29, 1.82) is 0 Å². The number of para-hydroxylation sites is 1. The average Bonchev–Trinajstić information content (AvgIpc) is 3.38. The van der Waals surface area contributed by atoms with Crippen LogP contribution in [0.2, 0.25) is 0 Å². The Morgan fingerprint density at radius 3 is 2.55 bits per heavy atom. The number of thioether (sulfide) groups is 1. The zero-order chi connectivity index (χ0) is 23.2. The van der Waals surface area contributed by atoms with E-state index in [0.717, 1.165) is 0 Å². The normalized spacial score (nSPS) is 19.3. The van der Waals surface area contributed by atoms with Crippen LogP contribution in [0, 0.1) is 11.6 Å². The van der Waals surface area contributed by atoms with E-state index in [-0.39, 0.29) is 23.9 Å². The number of methoxy groups -OCH3 is 1. The highest BCUT2D eigenvalue weighted by Gasteiger charge is 2.59. The lowest BCUT2D eigenvalue weighted by molar-refractivity contribution is -0.123. The Kier molecular flexibility index (Phi) is 5.32. The Balaban J connectivity index is 1.58. The molecule has 8 heteroatoms. The first kappa shape index (κ1) is 21.5. The molecule has 1 spiro atoms. The van der Waals surface area contributed by atoms with Gasteiger partial charge in [0.25, 0.3) is 11.8 Å². The standard InChI is InChI=1S/C25H20F2N2O3S/c1-32-17-7-4-6-16(14-17)23(30)29-12-13-33-25(29)19-8-2-3-11-22(19)28(24(25)31)15-18-20(26)9-5-10-21(18)27/h2-11,14H,12-13,15H2,1H3.